The second kappa shape index (κ2) is 8.26. The van der Waals surface area contributed by atoms with Crippen LogP contribution >= 0.6 is 23.2 Å². The molecule has 0 aliphatic heterocycles. The first-order valence-electron chi connectivity index (χ1n) is 6.18. The van der Waals surface area contributed by atoms with Crippen molar-refractivity contribution in [3.05, 3.63) is 57.6 Å². The van der Waals surface area contributed by atoms with Gasteiger partial charge in [-0.25, -0.2) is 9.59 Å². The summed E-state index contributed by atoms with van der Waals surface area (Å²) in [5.74, 6) is -1.50. The number of nitrogen functional groups attached to an aromatic ring is 2. The summed E-state index contributed by atoms with van der Waals surface area (Å²) >= 11 is 11.2. The summed E-state index contributed by atoms with van der Waals surface area (Å²) in [5, 5.41) is 9.47. The standard InChI is InChI=1S/C8H8ClNO2.C7H6ClNO2/c1-12-8(11)6-3-2-5(9)4-7(6)10;8-4-1-2-5(7(10)11)6(9)3-4/h2-4H,10H2,1H3;1-3H,9H2,(H,10,11). The molecule has 0 unspecified atom stereocenters. The highest BCUT2D eigenvalue weighted by atomic mass is 35.5. The Balaban J connectivity index is 0.000000231. The van der Waals surface area contributed by atoms with Crippen molar-refractivity contribution in [2.24, 2.45) is 0 Å². The molecule has 0 heterocycles. The average Bonchev–Trinajstić information content (AvgIpc) is 2.46. The normalized spacial score (nSPS) is 9.52. The van der Waals surface area contributed by atoms with Crippen LogP contribution in [0.5, 0.6) is 0 Å². The fourth-order valence-corrected chi connectivity index (χ4v) is 1.92. The van der Waals surface area contributed by atoms with Gasteiger partial charge in [-0.3, -0.25) is 0 Å². The third kappa shape index (κ3) is 5.36. The van der Waals surface area contributed by atoms with E-state index in [1.807, 2.05) is 0 Å². The number of rotatable bonds is 2. The largest absolute Gasteiger partial charge is 0.478 e. The number of nitrogens with two attached hydrogens (primary N) is 2. The summed E-state index contributed by atoms with van der Waals surface area (Å²) in [7, 11) is 1.30. The van der Waals surface area contributed by atoms with E-state index in [1.165, 1.54) is 37.4 Å². The van der Waals surface area contributed by atoms with E-state index < -0.39 is 11.9 Å². The number of methoxy groups -OCH3 is 1. The van der Waals surface area contributed by atoms with Crippen molar-refractivity contribution >= 4 is 46.5 Å². The number of benzene rings is 2. The van der Waals surface area contributed by atoms with Crippen LogP contribution in [0, 0.1) is 0 Å². The van der Waals surface area contributed by atoms with Gasteiger partial charge >= 0.3 is 11.9 Å². The van der Waals surface area contributed by atoms with Crippen LogP contribution in [0.15, 0.2) is 36.4 Å². The van der Waals surface area contributed by atoms with E-state index in [2.05, 4.69) is 4.74 Å². The van der Waals surface area contributed by atoms with Gasteiger partial charge in [-0.1, -0.05) is 23.2 Å². The van der Waals surface area contributed by atoms with Gasteiger partial charge in [0.1, 0.15) is 0 Å². The number of ether oxygens (including phenoxy) is 1. The number of halogens is 2. The quantitative estimate of drug-likeness (QED) is 0.561. The minimum absolute atomic E-state index is 0.0781. The molecule has 0 atom stereocenters. The fraction of sp³-hybridized carbons (Fsp3) is 0.0667. The molecule has 2 aromatic carbocycles. The van der Waals surface area contributed by atoms with Crippen LogP contribution in [-0.4, -0.2) is 24.2 Å². The maximum atomic E-state index is 11.0. The second-order valence-corrected chi connectivity index (χ2v) is 5.13. The molecule has 0 aliphatic rings. The van der Waals surface area contributed by atoms with Crippen molar-refractivity contribution in [2.75, 3.05) is 18.6 Å². The monoisotopic (exact) mass is 356 g/mol. The molecule has 0 saturated heterocycles. The molecule has 6 nitrogen and oxygen atoms in total. The first kappa shape index (κ1) is 18.6. The Morgan fingerprint density at radius 2 is 1.39 bits per heavy atom. The van der Waals surface area contributed by atoms with Crippen molar-refractivity contribution in [1.29, 1.82) is 0 Å². The molecule has 0 saturated carbocycles. The van der Waals surface area contributed by atoms with Crippen LogP contribution in [-0.2, 0) is 4.74 Å². The zero-order chi connectivity index (χ0) is 17.6. The molecule has 5 N–H and O–H groups in total. The molecule has 2 aromatic rings. The summed E-state index contributed by atoms with van der Waals surface area (Å²) in [4.78, 5) is 21.4. The number of hydrogen-bond donors (Lipinski definition) is 3. The summed E-state index contributed by atoms with van der Waals surface area (Å²) in [5.41, 5.74) is 11.8. The number of hydrogen-bond acceptors (Lipinski definition) is 5. The van der Waals surface area contributed by atoms with Crippen molar-refractivity contribution in [3.63, 3.8) is 0 Å². The van der Waals surface area contributed by atoms with Crippen LogP contribution in [0.4, 0.5) is 11.4 Å². The Bertz CT molecular complexity index is 735. The zero-order valence-electron chi connectivity index (χ0n) is 12.0. The molecule has 0 fully saturated rings. The summed E-state index contributed by atoms with van der Waals surface area (Å²) in [6.45, 7) is 0. The summed E-state index contributed by atoms with van der Waals surface area (Å²) in [6, 6.07) is 8.90. The van der Waals surface area contributed by atoms with Crippen molar-refractivity contribution < 1.29 is 19.4 Å². The molecule has 2 rings (SSSR count). The molecule has 0 aliphatic carbocycles. The van der Waals surface area contributed by atoms with E-state index in [-0.39, 0.29) is 11.3 Å². The lowest BCUT2D eigenvalue weighted by Crippen LogP contribution is -2.04. The smallest absolute Gasteiger partial charge is 0.339 e. The van der Waals surface area contributed by atoms with Crippen molar-refractivity contribution in [2.45, 2.75) is 0 Å². The van der Waals surface area contributed by atoms with Crippen molar-refractivity contribution in [3.8, 4) is 0 Å². The molecule has 0 bridgehead atoms. The van der Waals surface area contributed by atoms with E-state index in [0.717, 1.165) is 0 Å². The fourth-order valence-electron chi connectivity index (χ4n) is 1.56. The molecule has 122 valence electrons. The van der Waals surface area contributed by atoms with Crippen LogP contribution in [0.1, 0.15) is 20.7 Å². The summed E-state index contributed by atoms with van der Waals surface area (Å²) in [6.07, 6.45) is 0. The van der Waals surface area contributed by atoms with Gasteiger partial charge in [0.25, 0.3) is 0 Å². The second-order valence-electron chi connectivity index (χ2n) is 4.26. The number of aromatic carboxylic acids is 1. The van der Waals surface area contributed by atoms with Crippen LogP contribution in [0.25, 0.3) is 0 Å². The van der Waals surface area contributed by atoms with Gasteiger partial charge in [-0.05, 0) is 36.4 Å². The van der Waals surface area contributed by atoms with Gasteiger partial charge in [0, 0.05) is 21.4 Å². The van der Waals surface area contributed by atoms with Gasteiger partial charge in [0.15, 0.2) is 0 Å². The number of carboxylic acid groups (broad SMARTS) is 1. The summed E-state index contributed by atoms with van der Waals surface area (Å²) < 4.78 is 4.49. The van der Waals surface area contributed by atoms with Crippen LogP contribution < -0.4 is 11.5 Å². The Labute approximate surface area is 142 Å². The Morgan fingerprint density at radius 1 is 0.957 bits per heavy atom. The predicted octanol–water partition coefficient (Wildman–Crippen LogP) is 3.33. The SMILES string of the molecule is COC(=O)c1ccc(Cl)cc1N.Nc1cc(Cl)ccc1C(=O)O. The molecule has 0 amide bonds. The van der Waals surface area contributed by atoms with Gasteiger partial charge in [0.2, 0.25) is 0 Å². The lowest BCUT2D eigenvalue weighted by atomic mass is 10.2. The first-order chi connectivity index (χ1) is 10.8. The maximum Gasteiger partial charge on any atom is 0.339 e. The van der Waals surface area contributed by atoms with E-state index in [9.17, 15) is 9.59 Å². The average molecular weight is 357 g/mol. The maximum absolute atomic E-state index is 11.0. The number of carbonyl (C=O) groups is 2. The third-order valence-electron chi connectivity index (χ3n) is 2.66. The molecule has 0 spiro atoms. The highest BCUT2D eigenvalue weighted by Gasteiger charge is 2.09. The third-order valence-corrected chi connectivity index (χ3v) is 3.13. The minimum atomic E-state index is -1.04. The molecular formula is C15H14Cl2N2O4. The Hall–Kier alpha value is -2.44. The lowest BCUT2D eigenvalue weighted by molar-refractivity contribution is 0.0601. The topological polar surface area (TPSA) is 116 Å². The predicted molar refractivity (Wildman–Crippen MR) is 90.0 cm³/mol. The molecule has 0 aromatic heterocycles. The van der Waals surface area contributed by atoms with Crippen LogP contribution in [0.3, 0.4) is 0 Å². The molecule has 8 heteroatoms. The minimum Gasteiger partial charge on any atom is -0.478 e. The van der Waals surface area contributed by atoms with Gasteiger partial charge < -0.3 is 21.3 Å². The highest BCUT2D eigenvalue weighted by molar-refractivity contribution is 6.31. The number of esters is 1. The Kier molecular flexibility index (Phi) is 6.68. The van der Waals surface area contributed by atoms with E-state index >= 15 is 0 Å². The lowest BCUT2D eigenvalue weighted by Gasteiger charge is -2.02. The van der Waals surface area contributed by atoms with E-state index in [0.29, 0.717) is 21.3 Å². The van der Waals surface area contributed by atoms with Crippen molar-refractivity contribution in [1.82, 2.24) is 0 Å². The Morgan fingerprint density at radius 3 is 1.74 bits per heavy atom. The van der Waals surface area contributed by atoms with Gasteiger partial charge in [-0.2, -0.15) is 0 Å². The van der Waals surface area contributed by atoms with Crippen LogP contribution in [0.2, 0.25) is 10.0 Å². The van der Waals surface area contributed by atoms with Gasteiger partial charge in [-0.15, -0.1) is 0 Å². The zero-order valence-corrected chi connectivity index (χ0v) is 13.6. The van der Waals surface area contributed by atoms with E-state index in [4.69, 9.17) is 39.8 Å². The number of carbonyl (C=O) groups excluding carboxylic acids is 1. The van der Waals surface area contributed by atoms with Gasteiger partial charge in [0.05, 0.1) is 18.2 Å². The molecule has 23 heavy (non-hydrogen) atoms. The molecule has 0 radical (unpaired) electrons. The highest BCUT2D eigenvalue weighted by Crippen LogP contribution is 2.18. The number of carboxylic acids is 1. The van der Waals surface area contributed by atoms with E-state index in [1.54, 1.807) is 6.07 Å². The number of anilines is 2. The first-order valence-corrected chi connectivity index (χ1v) is 6.93. The molecular weight excluding hydrogens is 343 g/mol.